The van der Waals surface area contributed by atoms with Gasteiger partial charge in [0.2, 0.25) is 23.6 Å². The predicted octanol–water partition coefficient (Wildman–Crippen LogP) is 2.10. The molecule has 1 unspecified atom stereocenters. The fourth-order valence-electron chi connectivity index (χ4n) is 6.81. The molecule has 0 radical (unpaired) electrons. The molecule has 3 rings (SSSR count). The monoisotopic (exact) mass is 854 g/mol. The van der Waals surface area contributed by atoms with E-state index in [2.05, 4.69) is 16.0 Å². The van der Waals surface area contributed by atoms with Crippen molar-refractivity contribution in [3.05, 3.63) is 83.7 Å². The lowest BCUT2D eigenvalue weighted by Crippen LogP contribution is -2.48. The zero-order chi connectivity index (χ0) is 45.3. The van der Waals surface area contributed by atoms with E-state index in [4.69, 9.17) is 22.3 Å². The largest absolute Gasteiger partial charge is 0.480 e. The molecular formula is C43H60F2N8O8. The van der Waals surface area contributed by atoms with Crippen molar-refractivity contribution in [3.63, 3.8) is 0 Å². The molecule has 334 valence electrons. The Morgan fingerprint density at radius 1 is 0.803 bits per heavy atom. The van der Waals surface area contributed by atoms with E-state index in [-0.39, 0.29) is 76.1 Å². The number of nitrogens with two attached hydrogens (primary N) is 3. The molecule has 0 saturated heterocycles. The minimum Gasteiger partial charge on any atom is -0.480 e. The molecule has 4 amide bonds. The van der Waals surface area contributed by atoms with Crippen LogP contribution in [0.2, 0.25) is 0 Å². The summed E-state index contributed by atoms with van der Waals surface area (Å²) in [6, 6.07) is 10.7. The highest BCUT2D eigenvalue weighted by Gasteiger charge is 2.37. The number of Topliss-reactive ketones (excluding diaryl/α,β-unsaturated/α-hetero) is 1. The number of carboxylic acids is 1. The van der Waals surface area contributed by atoms with Gasteiger partial charge in [0.25, 0.3) is 0 Å². The number of aromatic nitrogens is 1. The van der Waals surface area contributed by atoms with Crippen LogP contribution in [0.4, 0.5) is 8.78 Å². The topological polar surface area (TPSA) is 265 Å². The molecule has 3 aromatic rings. The molecule has 0 aliphatic carbocycles. The molecule has 61 heavy (non-hydrogen) atoms. The summed E-state index contributed by atoms with van der Waals surface area (Å²) in [7, 11) is 0. The third-order valence-electron chi connectivity index (χ3n) is 10.0. The Balaban J connectivity index is 1.54. The number of carbonyl (C=O) groups is 6. The second-order valence-electron chi connectivity index (χ2n) is 16.0. The number of aliphatic carboxylic acids is 1. The number of aliphatic hydroxyl groups is 1. The van der Waals surface area contributed by atoms with E-state index in [0.717, 1.165) is 23.8 Å². The Kier molecular flexibility index (Phi) is 19.6. The summed E-state index contributed by atoms with van der Waals surface area (Å²) in [6.07, 6.45) is 2.77. The van der Waals surface area contributed by atoms with Crippen molar-refractivity contribution in [3.8, 4) is 11.1 Å². The molecule has 4 atom stereocenters. The van der Waals surface area contributed by atoms with Crippen LogP contribution < -0.4 is 33.2 Å². The second-order valence-corrected chi connectivity index (χ2v) is 16.0. The summed E-state index contributed by atoms with van der Waals surface area (Å²) in [4.78, 5) is 75.4. The van der Waals surface area contributed by atoms with E-state index in [1.165, 1.54) is 4.90 Å². The maximum atomic E-state index is 15.0. The molecule has 11 N–H and O–H groups in total. The number of carboxylic acid groups (broad SMARTS) is 1. The number of rotatable bonds is 25. The van der Waals surface area contributed by atoms with Gasteiger partial charge < -0.3 is 52.8 Å². The molecule has 1 aromatic heterocycles. The lowest BCUT2D eigenvalue weighted by Gasteiger charge is -2.41. The quantitative estimate of drug-likeness (QED) is 0.0572. The number of halogens is 2. The highest BCUT2D eigenvalue weighted by molar-refractivity contribution is 5.86. The Labute approximate surface area is 354 Å². The number of benzene rings is 2. The number of carbonyl (C=O) groups excluding carboxylic acids is 5. The van der Waals surface area contributed by atoms with Gasteiger partial charge in [-0.15, -0.1) is 0 Å². The standard InChI is InChI=1S/C43H60F2N8O8/c1-43(2,3)40(35-21-28(30-22-29(44)15-16-31(30)45)25-52(35)24-27-9-5-4-6-10-27)53(39(58)26-54)20-17-33(47)41(59)50-19-18-49-38(57)23-51-37(56)14-8-13-36(55)32(46)11-7-12-34(48)42(60)61/h4-6,9-10,15-16,21-22,25,32-34,40,54H,7-8,11-14,17-20,23-24,26,46-48H2,1-3H3,(H,49,57)(H,50,59)(H,51,56)(H,60,61)/t32?,33-,34-,40-/m0/s1. The molecule has 2 aromatic carbocycles. The van der Waals surface area contributed by atoms with Gasteiger partial charge in [-0.2, -0.15) is 0 Å². The average Bonchev–Trinajstić information content (AvgIpc) is 3.62. The molecule has 0 bridgehead atoms. The first kappa shape index (κ1) is 49.8. The van der Waals surface area contributed by atoms with Crippen LogP contribution in [-0.4, -0.2) is 106 Å². The number of nitrogens with zero attached hydrogens (tertiary/aromatic N) is 2. The van der Waals surface area contributed by atoms with Crippen molar-refractivity contribution in [2.45, 2.75) is 96.4 Å². The minimum absolute atomic E-state index is 0.00709. The van der Waals surface area contributed by atoms with Crippen LogP contribution in [0.15, 0.2) is 60.8 Å². The summed E-state index contributed by atoms with van der Waals surface area (Å²) < 4.78 is 31.2. The SMILES string of the molecule is CC(C)(C)[C@H](c1cc(-c2cc(F)ccc2F)cn1Cc1ccccc1)N(CC[C@H](N)C(=O)NCCNC(=O)CNC(=O)CCCC(=O)C(N)CCC[C@H](N)C(=O)O)C(=O)CO. The molecule has 0 spiro atoms. The van der Waals surface area contributed by atoms with Crippen LogP contribution in [-0.2, 0) is 35.3 Å². The highest BCUT2D eigenvalue weighted by atomic mass is 19.1. The van der Waals surface area contributed by atoms with Crippen LogP contribution in [0.5, 0.6) is 0 Å². The van der Waals surface area contributed by atoms with Gasteiger partial charge in [-0.25, -0.2) is 8.78 Å². The normalized spacial score (nSPS) is 13.4. The van der Waals surface area contributed by atoms with Crippen molar-refractivity contribution in [1.29, 1.82) is 0 Å². The smallest absolute Gasteiger partial charge is 0.320 e. The van der Waals surface area contributed by atoms with Gasteiger partial charge in [-0.3, -0.25) is 28.8 Å². The first-order valence-electron chi connectivity index (χ1n) is 20.2. The third-order valence-corrected chi connectivity index (χ3v) is 10.0. The number of ketones is 1. The predicted molar refractivity (Wildman–Crippen MR) is 224 cm³/mol. The number of amides is 4. The number of hydrogen-bond acceptors (Lipinski definition) is 10. The van der Waals surface area contributed by atoms with Crippen molar-refractivity contribution in [1.82, 2.24) is 25.4 Å². The lowest BCUT2D eigenvalue weighted by molar-refractivity contribution is -0.140. The maximum absolute atomic E-state index is 15.0. The number of hydrogen-bond donors (Lipinski definition) is 8. The first-order valence-corrected chi connectivity index (χ1v) is 20.2. The molecule has 18 heteroatoms. The molecule has 0 fully saturated rings. The molecule has 0 saturated carbocycles. The van der Waals surface area contributed by atoms with Crippen molar-refractivity contribution >= 4 is 35.4 Å². The Morgan fingerprint density at radius 2 is 1.48 bits per heavy atom. The van der Waals surface area contributed by atoms with Crippen LogP contribution >= 0.6 is 0 Å². The zero-order valence-corrected chi connectivity index (χ0v) is 35.0. The molecule has 16 nitrogen and oxygen atoms in total. The van der Waals surface area contributed by atoms with Crippen LogP contribution in [0.3, 0.4) is 0 Å². The molecule has 0 aliphatic heterocycles. The van der Waals surface area contributed by atoms with E-state index in [9.17, 15) is 38.3 Å². The summed E-state index contributed by atoms with van der Waals surface area (Å²) in [6.45, 7) is 4.86. The van der Waals surface area contributed by atoms with Crippen molar-refractivity contribution in [2.75, 3.05) is 32.8 Å². The summed E-state index contributed by atoms with van der Waals surface area (Å²) in [5.41, 5.74) is 18.8. The first-order chi connectivity index (χ1) is 28.8. The maximum Gasteiger partial charge on any atom is 0.320 e. The second kappa shape index (κ2) is 24.0. The molecule has 1 heterocycles. The van der Waals surface area contributed by atoms with E-state index >= 15 is 4.39 Å². The third kappa shape index (κ3) is 16.1. The summed E-state index contributed by atoms with van der Waals surface area (Å²) in [5.74, 6) is -4.78. The number of aliphatic hydroxyl groups excluding tert-OH is 1. The van der Waals surface area contributed by atoms with E-state index in [1.807, 2.05) is 55.7 Å². The van der Waals surface area contributed by atoms with Gasteiger partial charge in [0.15, 0.2) is 0 Å². The fourth-order valence-corrected chi connectivity index (χ4v) is 6.81. The van der Waals surface area contributed by atoms with Crippen molar-refractivity contribution < 1.29 is 47.8 Å². The zero-order valence-electron chi connectivity index (χ0n) is 35.0. The Hall–Kier alpha value is -5.56. The van der Waals surface area contributed by atoms with E-state index in [0.29, 0.717) is 24.2 Å². The van der Waals surface area contributed by atoms with Gasteiger partial charge in [0.1, 0.15) is 30.1 Å². The van der Waals surface area contributed by atoms with Gasteiger partial charge in [0.05, 0.1) is 24.7 Å². The highest BCUT2D eigenvalue weighted by Crippen LogP contribution is 2.41. The average molecular weight is 855 g/mol. The number of nitrogens with one attached hydrogen (secondary N) is 3. The molecular weight excluding hydrogens is 795 g/mol. The minimum atomic E-state index is -1.13. The summed E-state index contributed by atoms with van der Waals surface area (Å²) >= 11 is 0. The van der Waals surface area contributed by atoms with Gasteiger partial charge >= 0.3 is 5.97 Å². The van der Waals surface area contributed by atoms with Crippen LogP contribution in [0.25, 0.3) is 11.1 Å². The van der Waals surface area contributed by atoms with Gasteiger partial charge in [-0.1, -0.05) is 51.1 Å². The molecule has 0 aliphatic rings. The van der Waals surface area contributed by atoms with E-state index in [1.54, 1.807) is 12.3 Å². The lowest BCUT2D eigenvalue weighted by atomic mass is 9.82. The Bertz CT molecular complexity index is 1960. The van der Waals surface area contributed by atoms with Gasteiger partial charge in [-0.05, 0) is 67.3 Å². The fraction of sp³-hybridized carbons (Fsp3) is 0.488. The van der Waals surface area contributed by atoms with Gasteiger partial charge in [0, 0.05) is 62.0 Å². The summed E-state index contributed by atoms with van der Waals surface area (Å²) in [5, 5.41) is 26.6. The van der Waals surface area contributed by atoms with Crippen LogP contribution in [0, 0.1) is 17.0 Å². The van der Waals surface area contributed by atoms with Crippen LogP contribution in [0.1, 0.15) is 83.0 Å². The van der Waals surface area contributed by atoms with Crippen molar-refractivity contribution in [2.24, 2.45) is 22.6 Å². The van der Waals surface area contributed by atoms with E-state index < -0.39 is 77.4 Å². The Morgan fingerprint density at radius 3 is 2.13 bits per heavy atom.